The molecule has 9 atom stereocenters. The summed E-state index contributed by atoms with van der Waals surface area (Å²) in [5, 5.41) is 2.93. The third kappa shape index (κ3) is 4.50. The van der Waals surface area contributed by atoms with Gasteiger partial charge in [0.15, 0.2) is 11.9 Å². The maximum absolute atomic E-state index is 12.7. The van der Waals surface area contributed by atoms with Crippen LogP contribution in [0.3, 0.4) is 0 Å². The van der Waals surface area contributed by atoms with Gasteiger partial charge in [-0.1, -0.05) is 44.2 Å². The van der Waals surface area contributed by atoms with Gasteiger partial charge in [-0.05, 0) is 50.5 Å². The van der Waals surface area contributed by atoms with Crippen molar-refractivity contribution in [3.63, 3.8) is 0 Å². The second kappa shape index (κ2) is 9.47. The number of fused-ring (bicyclic) bond motifs is 2. The molecule has 35 heavy (non-hydrogen) atoms. The molecule has 1 amide bonds. The number of amides is 1. The molecule has 0 radical (unpaired) electrons. The van der Waals surface area contributed by atoms with Gasteiger partial charge >= 0.3 is 5.97 Å². The van der Waals surface area contributed by atoms with Crippen LogP contribution in [-0.4, -0.2) is 35.8 Å². The second-order valence-corrected chi connectivity index (χ2v) is 11.0. The Bertz CT molecular complexity index is 941. The highest BCUT2D eigenvalue weighted by Gasteiger charge is 2.69. The largest absolute Gasteiger partial charge is 0.435 e. The molecule has 8 nitrogen and oxygen atoms in total. The van der Waals surface area contributed by atoms with Gasteiger partial charge in [0.2, 0.25) is 18.0 Å². The maximum atomic E-state index is 12.7. The van der Waals surface area contributed by atoms with Gasteiger partial charge in [-0.25, -0.2) is 9.78 Å². The van der Waals surface area contributed by atoms with Crippen molar-refractivity contribution in [2.24, 2.45) is 23.7 Å². The van der Waals surface area contributed by atoms with E-state index in [1.54, 1.807) is 0 Å². The number of benzene rings is 1. The van der Waals surface area contributed by atoms with Gasteiger partial charge in [-0.2, -0.15) is 0 Å². The quantitative estimate of drug-likeness (QED) is 0.470. The zero-order chi connectivity index (χ0) is 24.8. The highest BCUT2D eigenvalue weighted by atomic mass is 17.3. The van der Waals surface area contributed by atoms with Crippen LogP contribution in [-0.2, 0) is 33.6 Å². The normalized spacial score (nSPS) is 40.8. The summed E-state index contributed by atoms with van der Waals surface area (Å²) in [4.78, 5) is 37.1. The Morgan fingerprint density at radius 3 is 2.63 bits per heavy atom. The number of carbonyl (C=O) groups excluding carboxylic acids is 2. The van der Waals surface area contributed by atoms with Gasteiger partial charge in [0.05, 0.1) is 12.5 Å². The van der Waals surface area contributed by atoms with Crippen LogP contribution < -0.4 is 5.32 Å². The van der Waals surface area contributed by atoms with E-state index >= 15 is 0 Å². The third-order valence-corrected chi connectivity index (χ3v) is 8.58. The standard InChI is InChI=1S/C27H37NO7/c1-16-10-11-21-17(2)24(32-25-27(21)20(16)14-15-26(4,33-25)34-35-27)31-23(30)13-12-22(29)28-18(3)19-8-6-5-7-9-19/h5-9,16-18,20-21,24-25H,10-15H2,1-4H3,(H,28,29)/t16-,17-,18+,20+,21+,24-,25-,26+,27+/m1/s1. The van der Waals surface area contributed by atoms with E-state index in [1.807, 2.05) is 51.1 Å². The minimum absolute atomic E-state index is 0.0156. The van der Waals surface area contributed by atoms with Crippen LogP contribution in [0.2, 0.25) is 0 Å². The first-order chi connectivity index (χ1) is 16.7. The van der Waals surface area contributed by atoms with E-state index in [4.69, 9.17) is 24.0 Å². The molecule has 1 aromatic carbocycles. The highest BCUT2D eigenvalue weighted by Crippen LogP contribution is 2.60. The smallest absolute Gasteiger partial charge is 0.308 e. The first-order valence-electron chi connectivity index (χ1n) is 13.0. The van der Waals surface area contributed by atoms with Crippen LogP contribution in [0.25, 0.3) is 0 Å². The number of esters is 1. The van der Waals surface area contributed by atoms with Crippen LogP contribution in [0, 0.1) is 23.7 Å². The average molecular weight is 488 g/mol. The Morgan fingerprint density at radius 2 is 1.86 bits per heavy atom. The Hall–Kier alpha value is -2.00. The van der Waals surface area contributed by atoms with Gasteiger partial charge in [-0.3, -0.25) is 9.59 Å². The first-order valence-corrected chi connectivity index (χ1v) is 13.0. The van der Waals surface area contributed by atoms with Crippen molar-refractivity contribution in [2.45, 2.75) is 96.2 Å². The molecule has 1 saturated carbocycles. The summed E-state index contributed by atoms with van der Waals surface area (Å²) in [7, 11) is 0. The Morgan fingerprint density at radius 1 is 1.09 bits per heavy atom. The topological polar surface area (TPSA) is 92.3 Å². The zero-order valence-corrected chi connectivity index (χ0v) is 21.0. The molecule has 0 aromatic heterocycles. The molecule has 8 heteroatoms. The molecule has 192 valence electrons. The van der Waals surface area contributed by atoms with Gasteiger partial charge < -0.3 is 19.5 Å². The lowest BCUT2D eigenvalue weighted by Gasteiger charge is -2.59. The lowest BCUT2D eigenvalue weighted by molar-refractivity contribution is -0.576. The number of carbonyl (C=O) groups is 2. The molecule has 1 N–H and O–H groups in total. The van der Waals surface area contributed by atoms with E-state index in [2.05, 4.69) is 12.2 Å². The predicted molar refractivity (Wildman–Crippen MR) is 125 cm³/mol. The molecule has 6 rings (SSSR count). The molecule has 4 saturated heterocycles. The van der Waals surface area contributed by atoms with E-state index in [-0.39, 0.29) is 42.5 Å². The summed E-state index contributed by atoms with van der Waals surface area (Å²) in [5.74, 6) is -0.812. The summed E-state index contributed by atoms with van der Waals surface area (Å²) in [5.41, 5.74) is 0.322. The van der Waals surface area contributed by atoms with Crippen molar-refractivity contribution < 1.29 is 33.6 Å². The Labute approximate surface area is 206 Å². The van der Waals surface area contributed by atoms with Gasteiger partial charge in [-0.15, -0.1) is 0 Å². The number of hydrogen-bond donors (Lipinski definition) is 1. The van der Waals surface area contributed by atoms with Crippen molar-refractivity contribution in [2.75, 3.05) is 0 Å². The molecule has 0 unspecified atom stereocenters. The van der Waals surface area contributed by atoms with E-state index in [9.17, 15) is 9.59 Å². The predicted octanol–water partition coefficient (Wildman–Crippen LogP) is 4.40. The van der Waals surface area contributed by atoms with Crippen molar-refractivity contribution in [3.05, 3.63) is 35.9 Å². The van der Waals surface area contributed by atoms with Crippen LogP contribution in [0.5, 0.6) is 0 Å². The fourth-order valence-electron chi connectivity index (χ4n) is 6.55. The SMILES string of the molecule is C[C@H]1[C@H](OC(=O)CCC(=O)N[C@@H](C)c2ccccc2)O[C@@H]2O[C@]3(C)CC[C@H]4[C@H](C)CC[C@@H]1[C@]24OO3. The minimum atomic E-state index is -0.875. The fourth-order valence-corrected chi connectivity index (χ4v) is 6.55. The van der Waals surface area contributed by atoms with Crippen LogP contribution in [0.4, 0.5) is 0 Å². The van der Waals surface area contributed by atoms with E-state index in [0.29, 0.717) is 5.92 Å². The summed E-state index contributed by atoms with van der Waals surface area (Å²) in [6.45, 7) is 8.09. The monoisotopic (exact) mass is 487 g/mol. The van der Waals surface area contributed by atoms with Crippen molar-refractivity contribution >= 4 is 11.9 Å². The molecule has 5 aliphatic rings. The van der Waals surface area contributed by atoms with E-state index in [0.717, 1.165) is 31.2 Å². The van der Waals surface area contributed by atoms with Crippen LogP contribution in [0.15, 0.2) is 30.3 Å². The lowest BCUT2D eigenvalue weighted by atomic mass is 9.58. The third-order valence-electron chi connectivity index (χ3n) is 8.58. The molecule has 4 aliphatic heterocycles. The van der Waals surface area contributed by atoms with Crippen molar-refractivity contribution in [1.82, 2.24) is 5.32 Å². The number of ether oxygens (including phenoxy) is 3. The van der Waals surface area contributed by atoms with Gasteiger partial charge in [0, 0.05) is 24.7 Å². The van der Waals surface area contributed by atoms with Gasteiger partial charge in [0.1, 0.15) is 0 Å². The number of hydrogen-bond acceptors (Lipinski definition) is 7. The summed E-state index contributed by atoms with van der Waals surface area (Å²) in [6.07, 6.45) is 2.30. The lowest BCUT2D eigenvalue weighted by Crippen LogP contribution is -2.70. The van der Waals surface area contributed by atoms with E-state index in [1.165, 1.54) is 0 Å². The molecule has 1 aliphatic carbocycles. The maximum Gasteiger partial charge on any atom is 0.308 e. The Balaban J connectivity index is 1.21. The van der Waals surface area contributed by atoms with Crippen molar-refractivity contribution in [1.29, 1.82) is 0 Å². The molecule has 1 aromatic rings. The molecule has 5 fully saturated rings. The number of rotatable bonds is 6. The zero-order valence-electron chi connectivity index (χ0n) is 21.0. The molecular weight excluding hydrogens is 450 g/mol. The van der Waals surface area contributed by atoms with E-state index < -0.39 is 29.9 Å². The minimum Gasteiger partial charge on any atom is -0.435 e. The van der Waals surface area contributed by atoms with Gasteiger partial charge in [0.25, 0.3) is 0 Å². The number of nitrogens with one attached hydrogen (secondary N) is 1. The molecule has 2 bridgehead atoms. The van der Waals surface area contributed by atoms with Crippen LogP contribution in [0.1, 0.15) is 77.8 Å². The summed E-state index contributed by atoms with van der Waals surface area (Å²) >= 11 is 0. The van der Waals surface area contributed by atoms with Crippen molar-refractivity contribution in [3.8, 4) is 0 Å². The highest BCUT2D eigenvalue weighted by molar-refractivity contribution is 5.81. The molecular formula is C27H37NO7. The molecule has 1 spiro atoms. The second-order valence-electron chi connectivity index (χ2n) is 11.0. The van der Waals surface area contributed by atoms with Crippen LogP contribution >= 0.6 is 0 Å². The Kier molecular flexibility index (Phi) is 6.68. The summed E-state index contributed by atoms with van der Waals surface area (Å²) in [6, 6.07) is 9.58. The summed E-state index contributed by atoms with van der Waals surface area (Å²) < 4.78 is 18.4. The molecule has 4 heterocycles. The fraction of sp³-hybridized carbons (Fsp3) is 0.704. The average Bonchev–Trinajstić information content (AvgIpc) is 3.07. The first kappa shape index (κ1) is 24.7.